The average molecular weight is 489 g/mol. The van der Waals surface area contributed by atoms with Gasteiger partial charge in [0.2, 0.25) is 11.0 Å². The van der Waals surface area contributed by atoms with Gasteiger partial charge in [-0.3, -0.25) is 0 Å². The molecule has 3 nitrogen and oxygen atoms in total. The largest absolute Gasteiger partial charge is 1.00 e. The van der Waals surface area contributed by atoms with E-state index in [1.54, 1.807) is 7.11 Å². The highest BCUT2D eigenvalue weighted by molar-refractivity contribution is 6.31. The Morgan fingerprint density at radius 2 is 1.74 bits per heavy atom. The minimum absolute atomic E-state index is 0. The number of ether oxygens (including phenoxy) is 1. The van der Waals surface area contributed by atoms with Crippen molar-refractivity contribution >= 4 is 44.8 Å². The van der Waals surface area contributed by atoms with E-state index in [9.17, 15) is 0 Å². The highest BCUT2D eigenvalue weighted by Crippen LogP contribution is 2.50. The smallest absolute Gasteiger partial charge is 0.219 e. The molecule has 0 spiro atoms. The molecule has 0 fully saturated rings. The number of aromatic nitrogens is 1. The molecule has 136 valence electrons. The number of nitrogens with zero attached hydrogens (tertiary/aromatic N) is 2. The fraction of sp³-hybridized carbons (Fsp3) is 0.136. The Kier molecular flexibility index (Phi) is 4.43. The Balaban J connectivity index is 0.00000180. The van der Waals surface area contributed by atoms with Crippen LogP contribution in [0.15, 0.2) is 54.6 Å². The maximum Gasteiger partial charge on any atom is 0.219 e. The van der Waals surface area contributed by atoms with Gasteiger partial charge >= 0.3 is 0 Å². The van der Waals surface area contributed by atoms with Gasteiger partial charge in [0.25, 0.3) is 0 Å². The number of para-hydroxylation sites is 1. The zero-order valence-electron chi connectivity index (χ0n) is 15.3. The summed E-state index contributed by atoms with van der Waals surface area (Å²) in [5.74, 6) is 0.847. The Labute approximate surface area is 180 Å². The molecule has 0 N–H and O–H groups in total. The minimum atomic E-state index is 0. The predicted molar refractivity (Wildman–Crippen MR) is 108 cm³/mol. The Bertz CT molecular complexity index is 1220. The number of pyridine rings is 1. The van der Waals surface area contributed by atoms with Gasteiger partial charge in [-0.05, 0) is 30.3 Å². The van der Waals surface area contributed by atoms with E-state index >= 15 is 0 Å². The first-order valence-corrected chi connectivity index (χ1v) is 8.94. The van der Waals surface area contributed by atoms with Crippen LogP contribution in [-0.4, -0.2) is 14.2 Å². The molecule has 1 aromatic heterocycles. The highest BCUT2D eigenvalue weighted by Gasteiger charge is 2.30. The maximum absolute atomic E-state index is 6.33. The van der Waals surface area contributed by atoms with Gasteiger partial charge in [0.1, 0.15) is 12.8 Å². The lowest BCUT2D eigenvalue weighted by atomic mass is 9.91. The van der Waals surface area contributed by atoms with Crippen molar-refractivity contribution in [2.45, 2.75) is 0 Å². The third-order valence-corrected chi connectivity index (χ3v) is 5.63. The van der Waals surface area contributed by atoms with Crippen LogP contribution in [0.25, 0.3) is 32.9 Å². The monoisotopic (exact) mass is 488 g/mol. The number of methoxy groups -OCH3 is 1. The predicted octanol–water partition coefficient (Wildman–Crippen LogP) is 2.23. The van der Waals surface area contributed by atoms with Crippen LogP contribution >= 0.6 is 11.6 Å². The summed E-state index contributed by atoms with van der Waals surface area (Å²) in [6, 6.07) is 18.8. The lowest BCUT2D eigenvalue weighted by Crippen LogP contribution is -3.00. The van der Waals surface area contributed by atoms with Crippen LogP contribution in [0.1, 0.15) is 0 Å². The van der Waals surface area contributed by atoms with E-state index in [1.165, 1.54) is 22.0 Å². The van der Waals surface area contributed by atoms with Crippen molar-refractivity contribution in [3.05, 3.63) is 59.6 Å². The van der Waals surface area contributed by atoms with Crippen LogP contribution < -0.4 is 38.2 Å². The molecule has 0 radical (unpaired) electrons. The molecule has 5 rings (SSSR count). The second kappa shape index (κ2) is 6.53. The molecule has 3 aromatic carbocycles. The number of fused-ring (bicyclic) bond motifs is 4. The van der Waals surface area contributed by atoms with Crippen LogP contribution in [0.2, 0.25) is 5.02 Å². The molecule has 4 aromatic rings. The molecule has 0 unspecified atom stereocenters. The summed E-state index contributed by atoms with van der Waals surface area (Å²) in [6.45, 7) is 0. The topological polar surface area (TPSA) is 16.4 Å². The summed E-state index contributed by atoms with van der Waals surface area (Å²) < 4.78 is 7.85. The molecule has 1 aliphatic heterocycles. The van der Waals surface area contributed by atoms with Crippen molar-refractivity contribution in [1.29, 1.82) is 0 Å². The van der Waals surface area contributed by atoms with Crippen LogP contribution in [0.4, 0.5) is 11.4 Å². The number of benzene rings is 3. The molecule has 0 atom stereocenters. The second-order valence-corrected chi connectivity index (χ2v) is 7.15. The number of hydrogen-bond donors (Lipinski definition) is 0. The molecule has 0 saturated heterocycles. The number of hydrogen-bond acceptors (Lipinski definition) is 2. The van der Waals surface area contributed by atoms with E-state index < -0.39 is 0 Å². The number of rotatable bonds is 1. The molecule has 27 heavy (non-hydrogen) atoms. The van der Waals surface area contributed by atoms with Crippen molar-refractivity contribution in [2.24, 2.45) is 7.05 Å². The molecule has 1 aliphatic rings. The molecule has 2 heterocycles. The van der Waals surface area contributed by atoms with Gasteiger partial charge in [-0.2, -0.15) is 4.57 Å². The van der Waals surface area contributed by atoms with Crippen LogP contribution in [0.5, 0.6) is 5.75 Å². The van der Waals surface area contributed by atoms with Gasteiger partial charge in [-0.1, -0.05) is 23.7 Å². The summed E-state index contributed by atoms with van der Waals surface area (Å²) in [5.41, 5.74) is 7.00. The SMILES string of the molecule is COc1cc2c3c(c4ccccc4[n+](C)c3c1)N(C)c1ccc(Cl)cc1-2.[I-]. The first-order valence-electron chi connectivity index (χ1n) is 8.56. The summed E-state index contributed by atoms with van der Waals surface area (Å²) in [6.07, 6.45) is 0. The second-order valence-electron chi connectivity index (χ2n) is 6.71. The van der Waals surface area contributed by atoms with Crippen LogP contribution in [0, 0.1) is 0 Å². The first kappa shape index (κ1) is 18.3. The van der Waals surface area contributed by atoms with E-state index in [0.717, 1.165) is 33.1 Å². The number of halogens is 2. The van der Waals surface area contributed by atoms with Gasteiger partial charge in [-0.15, -0.1) is 0 Å². The number of aryl methyl sites for hydroxylation is 1. The van der Waals surface area contributed by atoms with E-state index in [2.05, 4.69) is 66.0 Å². The van der Waals surface area contributed by atoms with E-state index in [1.807, 2.05) is 12.1 Å². The van der Waals surface area contributed by atoms with Gasteiger partial charge in [-0.25, -0.2) is 0 Å². The molecule has 0 amide bonds. The first-order chi connectivity index (χ1) is 12.6. The van der Waals surface area contributed by atoms with Crippen molar-refractivity contribution in [1.82, 2.24) is 0 Å². The summed E-state index contributed by atoms with van der Waals surface area (Å²) >= 11 is 6.33. The quantitative estimate of drug-likeness (QED) is 0.232. The van der Waals surface area contributed by atoms with Crippen molar-refractivity contribution < 1.29 is 33.3 Å². The fourth-order valence-corrected chi connectivity index (χ4v) is 4.33. The minimum Gasteiger partial charge on any atom is -1.00 e. The zero-order chi connectivity index (χ0) is 18.0. The molecule has 0 saturated carbocycles. The van der Waals surface area contributed by atoms with Crippen molar-refractivity contribution in [3.63, 3.8) is 0 Å². The van der Waals surface area contributed by atoms with Crippen LogP contribution in [-0.2, 0) is 7.05 Å². The lowest BCUT2D eigenvalue weighted by Gasteiger charge is -2.30. The third-order valence-electron chi connectivity index (χ3n) is 5.39. The maximum atomic E-state index is 6.33. The molecule has 0 aliphatic carbocycles. The molecular formula is C22H18ClIN2O. The zero-order valence-corrected chi connectivity index (χ0v) is 18.2. The van der Waals surface area contributed by atoms with E-state index in [4.69, 9.17) is 16.3 Å². The summed E-state index contributed by atoms with van der Waals surface area (Å²) in [5, 5.41) is 3.20. The lowest BCUT2D eigenvalue weighted by molar-refractivity contribution is -0.617. The van der Waals surface area contributed by atoms with Gasteiger partial charge in [0.15, 0.2) is 0 Å². The summed E-state index contributed by atoms with van der Waals surface area (Å²) in [4.78, 5) is 2.27. The normalized spacial score (nSPS) is 12.1. The third kappa shape index (κ3) is 2.50. The van der Waals surface area contributed by atoms with Gasteiger partial charge < -0.3 is 33.6 Å². The molecule has 5 heteroatoms. The molecule has 0 bridgehead atoms. The van der Waals surface area contributed by atoms with Gasteiger partial charge in [0.05, 0.1) is 29.6 Å². The Morgan fingerprint density at radius 3 is 2.52 bits per heavy atom. The number of anilines is 2. The average Bonchev–Trinajstić information content (AvgIpc) is 2.67. The van der Waals surface area contributed by atoms with E-state index in [-0.39, 0.29) is 24.0 Å². The van der Waals surface area contributed by atoms with Crippen molar-refractivity contribution in [2.75, 3.05) is 19.1 Å². The summed E-state index contributed by atoms with van der Waals surface area (Å²) in [7, 11) is 5.95. The highest BCUT2D eigenvalue weighted by atomic mass is 127. The van der Waals surface area contributed by atoms with E-state index in [0.29, 0.717) is 0 Å². The van der Waals surface area contributed by atoms with Gasteiger partial charge in [0, 0.05) is 35.0 Å². The fourth-order valence-electron chi connectivity index (χ4n) is 4.16. The van der Waals surface area contributed by atoms with Crippen molar-refractivity contribution in [3.8, 4) is 16.9 Å². The Morgan fingerprint density at radius 1 is 0.963 bits per heavy atom. The standard InChI is InChI=1S/C22H18ClN2O.HI/c1-24-18-7-5-4-6-15(18)22-21-17(11-14(26-3)12-20(21)24)16-10-13(23)8-9-19(16)25(22)2;/h4-12H,1-3H3;1H/q+1;/p-1. The Hall–Kier alpha value is -2.05. The molecular weight excluding hydrogens is 471 g/mol. The van der Waals surface area contributed by atoms with Crippen LogP contribution in [0.3, 0.4) is 0 Å².